The molecule has 7 heteroatoms. The van der Waals surface area contributed by atoms with Crippen LogP contribution in [0.4, 0.5) is 4.39 Å². The molecule has 1 saturated heterocycles. The number of carbonyl (C=O) groups excluding carboxylic acids is 2. The molecule has 1 fully saturated rings. The molecule has 30 heavy (non-hydrogen) atoms. The second kappa shape index (κ2) is 10.6. The van der Waals surface area contributed by atoms with Crippen molar-refractivity contribution in [1.29, 1.82) is 0 Å². The Morgan fingerprint density at radius 1 is 1.20 bits per heavy atom. The van der Waals surface area contributed by atoms with Gasteiger partial charge in [0, 0.05) is 38.6 Å². The number of nitrogens with zero attached hydrogens (tertiary/aromatic N) is 2. The molecule has 2 aromatic rings. The van der Waals surface area contributed by atoms with E-state index in [1.165, 1.54) is 18.3 Å². The van der Waals surface area contributed by atoms with Crippen LogP contribution in [0.3, 0.4) is 0 Å². The number of carbonyl (C=O) groups is 2. The van der Waals surface area contributed by atoms with Gasteiger partial charge in [-0.25, -0.2) is 4.39 Å². The minimum absolute atomic E-state index is 0.00378. The minimum Gasteiger partial charge on any atom is -0.345 e. The molecular formula is C23H27FN4O2. The fraction of sp³-hybridized carbons (Fsp3) is 0.348. The van der Waals surface area contributed by atoms with E-state index in [1.807, 2.05) is 4.90 Å². The SMILES string of the molecule is C=C(CCc1ccc(F)cc1)C(CC(=O)N1CCNCC1)NC(=O)c1cccnc1. The number of halogens is 1. The Labute approximate surface area is 176 Å². The number of nitrogens with one attached hydrogen (secondary N) is 2. The minimum atomic E-state index is -0.486. The molecule has 1 aliphatic heterocycles. The van der Waals surface area contributed by atoms with Gasteiger partial charge in [0.1, 0.15) is 5.82 Å². The third-order valence-corrected chi connectivity index (χ3v) is 5.22. The number of hydrogen-bond donors (Lipinski definition) is 2. The van der Waals surface area contributed by atoms with Crippen LogP contribution in [0.15, 0.2) is 60.9 Å². The second-order valence-corrected chi connectivity index (χ2v) is 7.39. The van der Waals surface area contributed by atoms with Gasteiger partial charge >= 0.3 is 0 Å². The first-order valence-corrected chi connectivity index (χ1v) is 10.1. The smallest absolute Gasteiger partial charge is 0.253 e. The van der Waals surface area contributed by atoms with Gasteiger partial charge in [0.15, 0.2) is 0 Å². The Morgan fingerprint density at radius 2 is 1.93 bits per heavy atom. The third kappa shape index (κ3) is 6.22. The van der Waals surface area contributed by atoms with Crippen LogP contribution >= 0.6 is 0 Å². The van der Waals surface area contributed by atoms with E-state index in [0.717, 1.165) is 24.2 Å². The maximum absolute atomic E-state index is 13.1. The molecule has 0 radical (unpaired) electrons. The summed E-state index contributed by atoms with van der Waals surface area (Å²) >= 11 is 0. The summed E-state index contributed by atoms with van der Waals surface area (Å²) in [5.41, 5.74) is 2.17. The lowest BCUT2D eigenvalue weighted by molar-refractivity contribution is -0.132. The Hall–Kier alpha value is -3.06. The number of aromatic nitrogens is 1. The molecule has 2 N–H and O–H groups in total. The van der Waals surface area contributed by atoms with E-state index >= 15 is 0 Å². The zero-order valence-electron chi connectivity index (χ0n) is 16.9. The first kappa shape index (κ1) is 21.6. The zero-order chi connectivity index (χ0) is 21.3. The summed E-state index contributed by atoms with van der Waals surface area (Å²) in [5.74, 6) is -0.569. The maximum Gasteiger partial charge on any atom is 0.253 e. The predicted octanol–water partition coefficient (Wildman–Crippen LogP) is 2.33. The topological polar surface area (TPSA) is 74.3 Å². The number of piperazine rings is 1. The standard InChI is InChI=1S/C23H27FN4O2/c1-17(4-5-18-6-8-20(24)9-7-18)21(15-22(29)28-13-11-25-12-14-28)27-23(30)19-3-2-10-26-16-19/h2-3,6-10,16,21,25H,1,4-5,11-15H2,(H,27,30). The van der Waals surface area contributed by atoms with Gasteiger partial charge in [-0.3, -0.25) is 14.6 Å². The highest BCUT2D eigenvalue weighted by Gasteiger charge is 2.24. The molecule has 158 valence electrons. The molecule has 1 aromatic heterocycles. The highest BCUT2D eigenvalue weighted by atomic mass is 19.1. The molecule has 1 unspecified atom stereocenters. The average molecular weight is 410 g/mol. The second-order valence-electron chi connectivity index (χ2n) is 7.39. The Bertz CT molecular complexity index is 865. The van der Waals surface area contributed by atoms with Gasteiger partial charge in [0.25, 0.3) is 5.91 Å². The highest BCUT2D eigenvalue weighted by molar-refractivity contribution is 5.94. The van der Waals surface area contributed by atoms with Crippen molar-refractivity contribution in [2.45, 2.75) is 25.3 Å². The summed E-state index contributed by atoms with van der Waals surface area (Å²) in [7, 11) is 0. The summed E-state index contributed by atoms with van der Waals surface area (Å²) in [4.78, 5) is 31.2. The molecule has 1 aromatic carbocycles. The van der Waals surface area contributed by atoms with Crippen molar-refractivity contribution in [3.63, 3.8) is 0 Å². The molecule has 0 spiro atoms. The largest absolute Gasteiger partial charge is 0.345 e. The maximum atomic E-state index is 13.1. The fourth-order valence-electron chi connectivity index (χ4n) is 3.38. The average Bonchev–Trinajstić information content (AvgIpc) is 2.79. The number of aryl methyl sites for hydroxylation is 1. The quantitative estimate of drug-likeness (QED) is 0.655. The Balaban J connectivity index is 1.66. The first-order valence-electron chi connectivity index (χ1n) is 10.1. The van der Waals surface area contributed by atoms with Crippen LogP contribution in [-0.4, -0.2) is 53.9 Å². The lowest BCUT2D eigenvalue weighted by Gasteiger charge is -2.30. The predicted molar refractivity (Wildman–Crippen MR) is 113 cm³/mol. The van der Waals surface area contributed by atoms with Crippen LogP contribution in [-0.2, 0) is 11.2 Å². The number of benzene rings is 1. The van der Waals surface area contributed by atoms with Crippen molar-refractivity contribution in [3.8, 4) is 0 Å². The van der Waals surface area contributed by atoms with Gasteiger partial charge in [-0.05, 0) is 42.7 Å². The van der Waals surface area contributed by atoms with E-state index < -0.39 is 6.04 Å². The number of pyridine rings is 1. The number of rotatable bonds is 8. The molecule has 3 rings (SSSR count). The van der Waals surface area contributed by atoms with Gasteiger partial charge < -0.3 is 15.5 Å². The van der Waals surface area contributed by atoms with Crippen LogP contribution in [0.1, 0.15) is 28.8 Å². The molecule has 6 nitrogen and oxygen atoms in total. The zero-order valence-corrected chi connectivity index (χ0v) is 16.9. The van der Waals surface area contributed by atoms with E-state index in [0.29, 0.717) is 31.5 Å². The van der Waals surface area contributed by atoms with E-state index in [1.54, 1.807) is 30.5 Å². The number of hydrogen-bond acceptors (Lipinski definition) is 4. The Morgan fingerprint density at radius 3 is 2.60 bits per heavy atom. The van der Waals surface area contributed by atoms with Crippen molar-refractivity contribution in [1.82, 2.24) is 20.5 Å². The molecule has 2 amide bonds. The lowest BCUT2D eigenvalue weighted by atomic mass is 9.97. The molecule has 1 aliphatic rings. The summed E-state index contributed by atoms with van der Waals surface area (Å²) in [6, 6.07) is 9.20. The van der Waals surface area contributed by atoms with Crippen LogP contribution < -0.4 is 10.6 Å². The third-order valence-electron chi connectivity index (χ3n) is 5.22. The van der Waals surface area contributed by atoms with Gasteiger partial charge in [-0.15, -0.1) is 0 Å². The highest BCUT2D eigenvalue weighted by Crippen LogP contribution is 2.16. The lowest BCUT2D eigenvalue weighted by Crippen LogP contribution is -2.48. The molecule has 2 heterocycles. The Kier molecular flexibility index (Phi) is 7.68. The van der Waals surface area contributed by atoms with E-state index in [2.05, 4.69) is 22.2 Å². The summed E-state index contributed by atoms with van der Waals surface area (Å²) in [6.45, 7) is 6.99. The molecule has 0 bridgehead atoms. The van der Waals surface area contributed by atoms with Crippen LogP contribution in [0, 0.1) is 5.82 Å². The molecule has 1 atom stereocenters. The monoisotopic (exact) mass is 410 g/mol. The molecular weight excluding hydrogens is 383 g/mol. The number of amides is 2. The molecule has 0 saturated carbocycles. The van der Waals surface area contributed by atoms with Gasteiger partial charge in [-0.1, -0.05) is 24.3 Å². The summed E-state index contributed by atoms with van der Waals surface area (Å²) < 4.78 is 13.1. The van der Waals surface area contributed by atoms with Crippen molar-refractivity contribution >= 4 is 11.8 Å². The van der Waals surface area contributed by atoms with Gasteiger partial charge in [0.05, 0.1) is 18.0 Å². The van der Waals surface area contributed by atoms with Crippen LogP contribution in [0.25, 0.3) is 0 Å². The van der Waals surface area contributed by atoms with E-state index in [-0.39, 0.29) is 24.1 Å². The van der Waals surface area contributed by atoms with Crippen LogP contribution in [0.2, 0.25) is 0 Å². The van der Waals surface area contributed by atoms with E-state index in [9.17, 15) is 14.0 Å². The first-order chi connectivity index (χ1) is 14.5. The van der Waals surface area contributed by atoms with Crippen molar-refractivity contribution in [2.24, 2.45) is 0 Å². The summed E-state index contributed by atoms with van der Waals surface area (Å²) in [5, 5.41) is 6.17. The van der Waals surface area contributed by atoms with Crippen LogP contribution in [0.5, 0.6) is 0 Å². The fourth-order valence-corrected chi connectivity index (χ4v) is 3.38. The normalized spacial score (nSPS) is 14.8. The van der Waals surface area contributed by atoms with Gasteiger partial charge in [-0.2, -0.15) is 0 Å². The van der Waals surface area contributed by atoms with Gasteiger partial charge in [0.2, 0.25) is 5.91 Å². The van der Waals surface area contributed by atoms with Crippen molar-refractivity contribution in [3.05, 3.63) is 77.9 Å². The molecule has 0 aliphatic carbocycles. The van der Waals surface area contributed by atoms with E-state index in [4.69, 9.17) is 0 Å². The van der Waals surface area contributed by atoms with Crippen molar-refractivity contribution < 1.29 is 14.0 Å². The summed E-state index contributed by atoms with van der Waals surface area (Å²) in [6.07, 6.45) is 4.49. The van der Waals surface area contributed by atoms with Crippen molar-refractivity contribution in [2.75, 3.05) is 26.2 Å².